The fraction of sp³-hybridized carbons (Fsp3) is 0.409. The number of hydrogen-bond acceptors (Lipinski definition) is 5. The molecule has 0 radical (unpaired) electrons. The average molecular weight is 382 g/mol. The number of carbonyl (C=O) groups excluding carboxylic acids is 1. The smallest absolute Gasteiger partial charge is 0.256 e. The van der Waals surface area contributed by atoms with Gasteiger partial charge in [-0.05, 0) is 37.5 Å². The van der Waals surface area contributed by atoms with Gasteiger partial charge in [-0.1, -0.05) is 24.3 Å². The number of anilines is 1. The molecule has 2 heterocycles. The van der Waals surface area contributed by atoms with Gasteiger partial charge in [0.1, 0.15) is 6.23 Å². The quantitative estimate of drug-likeness (QED) is 0.885. The number of rotatable bonds is 3. The van der Waals surface area contributed by atoms with Crippen molar-refractivity contribution in [3.63, 3.8) is 0 Å². The molecule has 0 aliphatic carbocycles. The Hall–Kier alpha value is -2.73. The van der Waals surface area contributed by atoms with E-state index >= 15 is 0 Å². The van der Waals surface area contributed by atoms with Gasteiger partial charge in [0.2, 0.25) is 0 Å². The zero-order valence-corrected chi connectivity index (χ0v) is 16.7. The Bertz CT molecular complexity index is 911. The molecule has 4 rings (SSSR count). The van der Waals surface area contributed by atoms with Crippen LogP contribution in [0.4, 0.5) is 5.69 Å². The van der Waals surface area contributed by atoms with E-state index < -0.39 is 6.23 Å². The molecule has 1 N–H and O–H groups in total. The molecule has 2 aliphatic rings. The van der Waals surface area contributed by atoms with Crippen LogP contribution in [0.25, 0.3) is 0 Å². The Kier molecular flexibility index (Phi) is 4.67. The molecule has 0 bridgehead atoms. The van der Waals surface area contributed by atoms with Crippen molar-refractivity contribution in [1.82, 2.24) is 4.90 Å². The summed E-state index contributed by atoms with van der Waals surface area (Å²) in [6.45, 7) is 4.36. The summed E-state index contributed by atoms with van der Waals surface area (Å²) in [5.41, 5.74) is 3.46. The third-order valence-corrected chi connectivity index (χ3v) is 5.55. The molecule has 0 saturated heterocycles. The van der Waals surface area contributed by atoms with Crippen molar-refractivity contribution in [2.75, 3.05) is 19.1 Å². The van der Waals surface area contributed by atoms with Gasteiger partial charge in [0, 0.05) is 19.7 Å². The van der Waals surface area contributed by atoms with E-state index in [1.807, 2.05) is 39.1 Å². The summed E-state index contributed by atoms with van der Waals surface area (Å²) in [6.07, 6.45) is -0.239. The molecule has 6 heteroatoms. The van der Waals surface area contributed by atoms with Crippen LogP contribution in [0, 0.1) is 0 Å². The largest absolute Gasteiger partial charge is 0.493 e. The Morgan fingerprint density at radius 3 is 2.54 bits per heavy atom. The highest BCUT2D eigenvalue weighted by Crippen LogP contribution is 2.40. The number of aliphatic hydroxyl groups is 1. The van der Waals surface area contributed by atoms with Gasteiger partial charge >= 0.3 is 0 Å². The lowest BCUT2D eigenvalue weighted by Crippen LogP contribution is -2.53. The molecule has 2 aromatic rings. The number of methoxy groups -OCH3 is 1. The first-order chi connectivity index (χ1) is 13.4. The molecule has 2 aromatic carbocycles. The Balaban J connectivity index is 1.82. The lowest BCUT2D eigenvalue weighted by molar-refractivity contribution is 0.0326. The van der Waals surface area contributed by atoms with Gasteiger partial charge in [-0.3, -0.25) is 4.79 Å². The molecule has 1 unspecified atom stereocenters. The summed E-state index contributed by atoms with van der Waals surface area (Å²) < 4.78 is 11.4. The Morgan fingerprint density at radius 1 is 1.14 bits per heavy atom. The molecule has 2 aliphatic heterocycles. The van der Waals surface area contributed by atoms with Crippen LogP contribution in [0.15, 0.2) is 36.4 Å². The lowest BCUT2D eigenvalue weighted by atomic mass is 9.93. The van der Waals surface area contributed by atoms with Gasteiger partial charge in [-0.15, -0.1) is 0 Å². The fourth-order valence-electron chi connectivity index (χ4n) is 4.11. The third-order valence-electron chi connectivity index (χ3n) is 5.55. The number of ether oxygens (including phenoxy) is 2. The van der Waals surface area contributed by atoms with E-state index in [1.165, 1.54) is 5.56 Å². The summed E-state index contributed by atoms with van der Waals surface area (Å²) in [7, 11) is 3.38. The van der Waals surface area contributed by atoms with Crippen LogP contribution in [-0.2, 0) is 13.0 Å². The van der Waals surface area contributed by atoms with Gasteiger partial charge in [-0.2, -0.15) is 0 Å². The summed E-state index contributed by atoms with van der Waals surface area (Å²) in [5, 5.41) is 11.1. The van der Waals surface area contributed by atoms with Crippen molar-refractivity contribution in [3.8, 4) is 11.5 Å². The van der Waals surface area contributed by atoms with E-state index in [0.29, 0.717) is 35.7 Å². The summed E-state index contributed by atoms with van der Waals surface area (Å²) in [5.74, 6) is 0.970. The van der Waals surface area contributed by atoms with Crippen molar-refractivity contribution in [3.05, 3.63) is 53.1 Å². The zero-order valence-electron chi connectivity index (χ0n) is 16.7. The van der Waals surface area contributed by atoms with Gasteiger partial charge in [0.15, 0.2) is 11.5 Å². The van der Waals surface area contributed by atoms with E-state index in [4.69, 9.17) is 9.47 Å². The number of likely N-dealkylation sites (N-methyl/N-ethyl adjacent to an activating group) is 1. The second kappa shape index (κ2) is 7.02. The molecule has 28 heavy (non-hydrogen) atoms. The van der Waals surface area contributed by atoms with Crippen molar-refractivity contribution < 1.29 is 19.4 Å². The Labute approximate surface area is 165 Å². The summed E-state index contributed by atoms with van der Waals surface area (Å²) >= 11 is 0. The molecule has 0 spiro atoms. The molecule has 6 nitrogen and oxygen atoms in total. The standard InChI is InChI=1S/C22H26N2O4/c1-13(2)28-20-11-17-16(10-19(20)27-4)21(25)24-12-15-8-6-5-7-14(15)9-18(24)22(26)23(17)3/h5-8,10-11,13,18,22,26H,9,12H2,1-4H3/t18-,22?/m0/s1. The van der Waals surface area contributed by atoms with Crippen LogP contribution in [-0.4, -0.2) is 48.4 Å². The number of benzene rings is 2. The van der Waals surface area contributed by atoms with Crippen LogP contribution in [0.2, 0.25) is 0 Å². The first-order valence-corrected chi connectivity index (χ1v) is 9.58. The number of carbonyl (C=O) groups is 1. The predicted octanol–water partition coefficient (Wildman–Crippen LogP) is 2.82. The normalized spacial score (nSPS) is 21.0. The maximum Gasteiger partial charge on any atom is 0.256 e. The number of nitrogens with zero attached hydrogens (tertiary/aromatic N) is 2. The monoisotopic (exact) mass is 382 g/mol. The first kappa shape index (κ1) is 18.6. The number of hydrogen-bond donors (Lipinski definition) is 1. The highest BCUT2D eigenvalue weighted by Gasteiger charge is 2.41. The molecule has 2 atom stereocenters. The fourth-order valence-corrected chi connectivity index (χ4v) is 4.11. The van der Waals surface area contributed by atoms with E-state index in [-0.39, 0.29) is 18.1 Å². The lowest BCUT2D eigenvalue weighted by Gasteiger charge is -2.39. The van der Waals surface area contributed by atoms with E-state index in [9.17, 15) is 9.90 Å². The maximum absolute atomic E-state index is 13.5. The SMILES string of the molecule is COc1cc2c(cc1OC(C)C)N(C)C(O)[C@@H]1Cc3ccccc3CN1C2=O. The first-order valence-electron chi connectivity index (χ1n) is 9.58. The van der Waals surface area contributed by atoms with Gasteiger partial charge < -0.3 is 24.4 Å². The summed E-state index contributed by atoms with van der Waals surface area (Å²) in [4.78, 5) is 17.0. The van der Waals surface area contributed by atoms with Gasteiger partial charge in [-0.25, -0.2) is 0 Å². The summed E-state index contributed by atoms with van der Waals surface area (Å²) in [6, 6.07) is 11.3. The van der Waals surface area contributed by atoms with Crippen LogP contribution in [0.5, 0.6) is 11.5 Å². The Morgan fingerprint density at radius 2 is 1.86 bits per heavy atom. The molecule has 148 valence electrons. The minimum Gasteiger partial charge on any atom is -0.493 e. The van der Waals surface area contributed by atoms with Crippen LogP contribution >= 0.6 is 0 Å². The van der Waals surface area contributed by atoms with Crippen molar-refractivity contribution in [1.29, 1.82) is 0 Å². The number of fused-ring (bicyclic) bond motifs is 3. The minimum absolute atomic E-state index is 0.0375. The topological polar surface area (TPSA) is 62.2 Å². The van der Waals surface area contributed by atoms with E-state index in [1.54, 1.807) is 29.0 Å². The second-order valence-corrected chi connectivity index (χ2v) is 7.68. The highest BCUT2D eigenvalue weighted by atomic mass is 16.5. The van der Waals surface area contributed by atoms with Crippen molar-refractivity contribution in [2.45, 2.75) is 45.2 Å². The maximum atomic E-state index is 13.5. The predicted molar refractivity (Wildman–Crippen MR) is 107 cm³/mol. The molecule has 0 aromatic heterocycles. The highest BCUT2D eigenvalue weighted by molar-refractivity contribution is 6.02. The van der Waals surface area contributed by atoms with Crippen LogP contribution in [0.1, 0.15) is 35.3 Å². The molecular formula is C22H26N2O4. The molecule has 0 fully saturated rings. The molecule has 1 amide bonds. The zero-order chi connectivity index (χ0) is 20.0. The molecular weight excluding hydrogens is 356 g/mol. The van der Waals surface area contributed by atoms with Crippen molar-refractivity contribution >= 4 is 11.6 Å². The van der Waals surface area contributed by atoms with E-state index in [0.717, 1.165) is 5.56 Å². The van der Waals surface area contributed by atoms with Crippen molar-refractivity contribution in [2.24, 2.45) is 0 Å². The second-order valence-electron chi connectivity index (χ2n) is 7.68. The average Bonchev–Trinajstić information content (AvgIpc) is 2.76. The number of amides is 1. The minimum atomic E-state index is -0.821. The van der Waals surface area contributed by atoms with Crippen LogP contribution < -0.4 is 14.4 Å². The molecule has 0 saturated carbocycles. The van der Waals surface area contributed by atoms with Crippen LogP contribution in [0.3, 0.4) is 0 Å². The number of aliphatic hydroxyl groups excluding tert-OH is 1. The van der Waals surface area contributed by atoms with E-state index in [2.05, 4.69) is 6.07 Å². The van der Waals surface area contributed by atoms with Gasteiger partial charge in [0.05, 0.1) is 30.5 Å². The third kappa shape index (κ3) is 2.98. The van der Waals surface area contributed by atoms with Gasteiger partial charge in [0.25, 0.3) is 5.91 Å².